The lowest BCUT2D eigenvalue weighted by atomic mass is 10.2. The zero-order chi connectivity index (χ0) is 15.0. The summed E-state index contributed by atoms with van der Waals surface area (Å²) in [6.45, 7) is 2.38. The first-order chi connectivity index (χ1) is 9.27. The molecule has 1 saturated carbocycles. The Morgan fingerprint density at radius 3 is 2.65 bits per heavy atom. The van der Waals surface area contributed by atoms with Crippen molar-refractivity contribution in [2.75, 3.05) is 19.4 Å². The molecule has 6 nitrogen and oxygen atoms in total. The number of carbonyl (C=O) groups excluding carboxylic acids is 1. The van der Waals surface area contributed by atoms with Crippen molar-refractivity contribution in [3.8, 4) is 0 Å². The molecule has 1 aliphatic rings. The predicted molar refractivity (Wildman–Crippen MR) is 74.7 cm³/mol. The molecule has 0 unspecified atom stereocenters. The van der Waals surface area contributed by atoms with Crippen LogP contribution >= 0.6 is 0 Å². The fraction of sp³-hybridized carbons (Fsp3) is 0.462. The number of anilines is 1. The zero-order valence-electron chi connectivity index (χ0n) is 11.5. The second-order valence-electron chi connectivity index (χ2n) is 5.38. The number of nitrogens with two attached hydrogens (primary N) is 1. The number of esters is 1. The van der Waals surface area contributed by atoms with E-state index >= 15 is 0 Å². The fourth-order valence-electron chi connectivity index (χ4n) is 1.79. The highest BCUT2D eigenvalue weighted by Crippen LogP contribution is 2.44. The van der Waals surface area contributed by atoms with E-state index < -0.39 is 16.0 Å². The highest BCUT2D eigenvalue weighted by Gasteiger charge is 2.38. The Balaban J connectivity index is 2.32. The highest BCUT2D eigenvalue weighted by atomic mass is 32.2. The van der Waals surface area contributed by atoms with Crippen molar-refractivity contribution in [3.63, 3.8) is 0 Å². The van der Waals surface area contributed by atoms with Crippen LogP contribution in [0.4, 0.5) is 5.69 Å². The van der Waals surface area contributed by atoms with E-state index in [1.54, 1.807) is 0 Å². The van der Waals surface area contributed by atoms with Gasteiger partial charge < -0.3 is 10.5 Å². The number of rotatable bonds is 5. The van der Waals surface area contributed by atoms with Gasteiger partial charge in [-0.05, 0) is 36.5 Å². The van der Waals surface area contributed by atoms with Crippen LogP contribution in [0.5, 0.6) is 0 Å². The molecule has 0 bridgehead atoms. The Morgan fingerprint density at radius 1 is 1.45 bits per heavy atom. The number of ether oxygens (including phenoxy) is 1. The molecule has 110 valence electrons. The standard InChI is InChI=1S/C13H18N2O4S/c1-13(5-6-13)8-15-20(17,18)11-4-3-9(14)7-10(11)12(16)19-2/h3-4,7,15H,5-6,8,14H2,1-2H3. The van der Waals surface area contributed by atoms with Crippen LogP contribution in [0.1, 0.15) is 30.1 Å². The fourth-order valence-corrected chi connectivity index (χ4v) is 3.16. The van der Waals surface area contributed by atoms with Crippen LogP contribution in [-0.4, -0.2) is 28.0 Å². The molecule has 7 heteroatoms. The Labute approximate surface area is 118 Å². The van der Waals surface area contributed by atoms with Crippen molar-refractivity contribution in [3.05, 3.63) is 23.8 Å². The van der Waals surface area contributed by atoms with E-state index in [9.17, 15) is 13.2 Å². The van der Waals surface area contributed by atoms with Gasteiger partial charge in [0.15, 0.2) is 0 Å². The van der Waals surface area contributed by atoms with Gasteiger partial charge in [0.2, 0.25) is 10.0 Å². The van der Waals surface area contributed by atoms with E-state index in [0.717, 1.165) is 12.8 Å². The molecule has 0 spiro atoms. The smallest absolute Gasteiger partial charge is 0.339 e. The third-order valence-corrected chi connectivity index (χ3v) is 4.95. The van der Waals surface area contributed by atoms with Crippen molar-refractivity contribution in [2.45, 2.75) is 24.7 Å². The van der Waals surface area contributed by atoms with Crippen LogP contribution < -0.4 is 10.5 Å². The second-order valence-corrected chi connectivity index (χ2v) is 7.12. The van der Waals surface area contributed by atoms with Gasteiger partial charge in [-0.15, -0.1) is 0 Å². The summed E-state index contributed by atoms with van der Waals surface area (Å²) in [6.07, 6.45) is 2.00. The number of hydrogen-bond acceptors (Lipinski definition) is 5. The maximum atomic E-state index is 12.3. The third kappa shape index (κ3) is 3.10. The number of methoxy groups -OCH3 is 1. The van der Waals surface area contributed by atoms with E-state index in [0.29, 0.717) is 12.2 Å². The molecule has 0 amide bonds. The van der Waals surface area contributed by atoms with Crippen molar-refractivity contribution in [1.29, 1.82) is 0 Å². The molecule has 0 aliphatic heterocycles. The Hall–Kier alpha value is -1.60. The van der Waals surface area contributed by atoms with Gasteiger partial charge in [0, 0.05) is 12.2 Å². The summed E-state index contributed by atoms with van der Waals surface area (Å²) in [6, 6.07) is 4.07. The summed E-state index contributed by atoms with van der Waals surface area (Å²) in [4.78, 5) is 11.6. The van der Waals surface area contributed by atoms with Gasteiger partial charge in [0.25, 0.3) is 0 Å². The molecule has 1 aliphatic carbocycles. The van der Waals surface area contributed by atoms with Gasteiger partial charge >= 0.3 is 5.97 Å². The minimum absolute atomic E-state index is 0.0340. The molecule has 2 rings (SSSR count). The van der Waals surface area contributed by atoms with E-state index in [1.165, 1.54) is 25.3 Å². The normalized spacial score (nSPS) is 16.7. The quantitative estimate of drug-likeness (QED) is 0.627. The molecular formula is C13H18N2O4S. The molecule has 0 atom stereocenters. The molecule has 0 radical (unpaired) electrons. The first kappa shape index (κ1) is 14.8. The van der Waals surface area contributed by atoms with Gasteiger partial charge in [-0.2, -0.15) is 0 Å². The van der Waals surface area contributed by atoms with Crippen molar-refractivity contribution in [2.24, 2.45) is 5.41 Å². The molecule has 1 aromatic rings. The molecule has 0 saturated heterocycles. The summed E-state index contributed by atoms with van der Waals surface area (Å²) in [5.41, 5.74) is 5.88. The van der Waals surface area contributed by atoms with E-state index in [-0.39, 0.29) is 15.9 Å². The van der Waals surface area contributed by atoms with E-state index in [2.05, 4.69) is 9.46 Å². The summed E-state index contributed by atoms with van der Waals surface area (Å²) in [5, 5.41) is 0. The number of hydrogen-bond donors (Lipinski definition) is 2. The predicted octanol–water partition coefficient (Wildman–Crippen LogP) is 1.13. The number of nitrogen functional groups attached to an aromatic ring is 1. The second kappa shape index (κ2) is 5.06. The zero-order valence-corrected chi connectivity index (χ0v) is 12.3. The summed E-state index contributed by atoms with van der Waals surface area (Å²) in [5.74, 6) is -0.727. The van der Waals surface area contributed by atoms with Gasteiger partial charge in [-0.1, -0.05) is 6.92 Å². The lowest BCUT2D eigenvalue weighted by molar-refractivity contribution is 0.0596. The number of benzene rings is 1. The minimum Gasteiger partial charge on any atom is -0.465 e. The summed E-state index contributed by atoms with van der Waals surface area (Å²) in [7, 11) is -2.57. The van der Waals surface area contributed by atoms with E-state index in [1.807, 2.05) is 6.92 Å². The van der Waals surface area contributed by atoms with Gasteiger partial charge in [-0.25, -0.2) is 17.9 Å². The molecule has 1 aromatic carbocycles. The monoisotopic (exact) mass is 298 g/mol. The Morgan fingerprint density at radius 2 is 2.10 bits per heavy atom. The number of nitrogens with one attached hydrogen (secondary N) is 1. The van der Waals surface area contributed by atoms with Crippen LogP contribution in [0.25, 0.3) is 0 Å². The van der Waals surface area contributed by atoms with Crippen molar-refractivity contribution in [1.82, 2.24) is 4.72 Å². The van der Waals surface area contributed by atoms with Crippen LogP contribution in [0, 0.1) is 5.41 Å². The highest BCUT2D eigenvalue weighted by molar-refractivity contribution is 7.89. The molecule has 0 heterocycles. The minimum atomic E-state index is -3.76. The maximum Gasteiger partial charge on any atom is 0.339 e. The lowest BCUT2D eigenvalue weighted by Gasteiger charge is -2.13. The summed E-state index contributed by atoms with van der Waals surface area (Å²) >= 11 is 0. The number of carbonyl (C=O) groups is 1. The van der Waals surface area contributed by atoms with Crippen molar-refractivity contribution >= 4 is 21.7 Å². The van der Waals surface area contributed by atoms with E-state index in [4.69, 9.17) is 5.73 Å². The third-order valence-electron chi connectivity index (χ3n) is 3.49. The summed E-state index contributed by atoms with van der Waals surface area (Å²) < 4.78 is 31.7. The molecular weight excluding hydrogens is 280 g/mol. The lowest BCUT2D eigenvalue weighted by Crippen LogP contribution is -2.30. The van der Waals surface area contributed by atoms with Crippen molar-refractivity contribution < 1.29 is 17.9 Å². The maximum absolute atomic E-state index is 12.3. The molecule has 20 heavy (non-hydrogen) atoms. The van der Waals surface area contributed by atoms with Gasteiger partial charge in [0.1, 0.15) is 0 Å². The Bertz CT molecular complexity index is 636. The van der Waals surface area contributed by atoms with Crippen LogP contribution in [0.2, 0.25) is 0 Å². The Kier molecular flexibility index (Phi) is 3.75. The molecule has 3 N–H and O–H groups in total. The van der Waals surface area contributed by atoms with Crippen LogP contribution in [0.3, 0.4) is 0 Å². The van der Waals surface area contributed by atoms with Gasteiger partial charge in [-0.3, -0.25) is 0 Å². The molecule has 1 fully saturated rings. The SMILES string of the molecule is COC(=O)c1cc(N)ccc1S(=O)(=O)NCC1(C)CC1. The van der Waals surface area contributed by atoms with Gasteiger partial charge in [0.05, 0.1) is 17.6 Å². The van der Waals surface area contributed by atoms with Crippen LogP contribution in [0.15, 0.2) is 23.1 Å². The average Bonchev–Trinajstić information content (AvgIpc) is 3.14. The number of sulfonamides is 1. The first-order valence-electron chi connectivity index (χ1n) is 6.25. The average molecular weight is 298 g/mol. The topological polar surface area (TPSA) is 98.5 Å². The molecule has 0 aromatic heterocycles. The van der Waals surface area contributed by atoms with Crippen LogP contribution in [-0.2, 0) is 14.8 Å². The largest absolute Gasteiger partial charge is 0.465 e. The first-order valence-corrected chi connectivity index (χ1v) is 7.73.